The molecule has 0 fully saturated rings. The molecule has 2 heterocycles. The van der Waals surface area contributed by atoms with Gasteiger partial charge in [0.15, 0.2) is 0 Å². The first-order valence-electron chi connectivity index (χ1n) is 7.99. The predicted molar refractivity (Wildman–Crippen MR) is 102 cm³/mol. The molecule has 0 aliphatic heterocycles. The van der Waals surface area contributed by atoms with Crippen LogP contribution in [0.3, 0.4) is 0 Å². The molecule has 1 amide bonds. The molecule has 0 saturated heterocycles. The fourth-order valence-electron chi connectivity index (χ4n) is 2.38. The van der Waals surface area contributed by atoms with E-state index in [1.165, 1.54) is 11.3 Å². The van der Waals surface area contributed by atoms with Crippen molar-refractivity contribution >= 4 is 34.7 Å². The van der Waals surface area contributed by atoms with Crippen molar-refractivity contribution in [1.82, 2.24) is 14.8 Å². The van der Waals surface area contributed by atoms with Crippen LogP contribution in [0.25, 0.3) is 0 Å². The van der Waals surface area contributed by atoms with E-state index in [-0.39, 0.29) is 5.91 Å². The van der Waals surface area contributed by atoms with Crippen LogP contribution >= 0.6 is 22.9 Å². The van der Waals surface area contributed by atoms with E-state index in [2.05, 4.69) is 29.2 Å². The number of halogens is 1. The Morgan fingerprint density at radius 1 is 1.28 bits per heavy atom. The number of aryl methyl sites for hydroxylation is 1. The first-order valence-corrected chi connectivity index (χ1v) is 9.18. The number of anilines is 1. The van der Waals surface area contributed by atoms with E-state index < -0.39 is 0 Å². The smallest absolute Gasteiger partial charge is 0.268 e. The fourth-order valence-corrected chi connectivity index (χ4v) is 3.47. The molecule has 1 N–H and O–H groups in total. The van der Waals surface area contributed by atoms with Crippen molar-refractivity contribution in [2.24, 2.45) is 0 Å². The lowest BCUT2D eigenvalue weighted by Gasteiger charge is -2.09. The number of carbonyl (C=O) groups is 1. The standard InChI is InChI=1S/C18H19ClN4OS/c1-11(2)18-21-12(3)16(25-18)17(24)22-15-8-9-20-23(15)10-13-4-6-14(19)7-5-13/h4-9,11H,10H2,1-3H3,(H,22,24). The number of nitrogens with zero attached hydrogens (tertiary/aromatic N) is 3. The minimum Gasteiger partial charge on any atom is -0.306 e. The van der Waals surface area contributed by atoms with Crippen molar-refractivity contribution in [3.63, 3.8) is 0 Å². The van der Waals surface area contributed by atoms with Crippen LogP contribution in [0.5, 0.6) is 0 Å². The number of amides is 1. The summed E-state index contributed by atoms with van der Waals surface area (Å²) in [5.74, 6) is 0.805. The van der Waals surface area contributed by atoms with Gasteiger partial charge in [-0.2, -0.15) is 5.10 Å². The van der Waals surface area contributed by atoms with E-state index in [4.69, 9.17) is 11.6 Å². The Morgan fingerprint density at radius 2 is 2.00 bits per heavy atom. The molecule has 7 heteroatoms. The zero-order valence-corrected chi connectivity index (χ0v) is 15.9. The van der Waals surface area contributed by atoms with Crippen LogP contribution < -0.4 is 5.32 Å². The zero-order valence-electron chi connectivity index (χ0n) is 14.3. The molecular weight excluding hydrogens is 356 g/mol. The normalized spacial score (nSPS) is 11.1. The molecule has 0 saturated carbocycles. The van der Waals surface area contributed by atoms with Gasteiger partial charge in [-0.25, -0.2) is 9.67 Å². The largest absolute Gasteiger partial charge is 0.306 e. The van der Waals surface area contributed by atoms with Crippen LogP contribution in [-0.4, -0.2) is 20.7 Å². The minimum absolute atomic E-state index is 0.153. The van der Waals surface area contributed by atoms with Crippen molar-refractivity contribution in [3.8, 4) is 0 Å². The predicted octanol–water partition coefficient (Wildman–Crippen LogP) is 4.73. The second kappa shape index (κ2) is 7.37. The van der Waals surface area contributed by atoms with Gasteiger partial charge < -0.3 is 5.32 Å². The van der Waals surface area contributed by atoms with E-state index >= 15 is 0 Å². The number of carbonyl (C=O) groups excluding carboxylic acids is 1. The average Bonchev–Trinajstić information content (AvgIpc) is 3.16. The third-order valence-corrected chi connectivity index (χ3v) is 5.43. The second-order valence-corrected chi connectivity index (χ2v) is 7.54. The summed E-state index contributed by atoms with van der Waals surface area (Å²) in [5, 5.41) is 8.89. The first-order chi connectivity index (χ1) is 11.9. The third-order valence-electron chi connectivity index (χ3n) is 3.72. The van der Waals surface area contributed by atoms with Gasteiger partial charge in [-0.3, -0.25) is 4.79 Å². The first kappa shape index (κ1) is 17.6. The van der Waals surface area contributed by atoms with Gasteiger partial charge in [0.1, 0.15) is 10.7 Å². The van der Waals surface area contributed by atoms with Crippen LogP contribution in [0.4, 0.5) is 5.82 Å². The quantitative estimate of drug-likeness (QED) is 0.702. The molecule has 3 aromatic rings. The third kappa shape index (κ3) is 4.08. The summed E-state index contributed by atoms with van der Waals surface area (Å²) in [6.45, 7) is 6.56. The summed E-state index contributed by atoms with van der Waals surface area (Å²) in [6.07, 6.45) is 1.67. The Bertz CT molecular complexity index is 883. The Kier molecular flexibility index (Phi) is 5.20. The maximum Gasteiger partial charge on any atom is 0.268 e. The number of benzene rings is 1. The van der Waals surface area contributed by atoms with Crippen LogP contribution in [0, 0.1) is 6.92 Å². The maximum absolute atomic E-state index is 12.6. The Morgan fingerprint density at radius 3 is 2.64 bits per heavy atom. The Balaban J connectivity index is 1.76. The van der Waals surface area contributed by atoms with Gasteiger partial charge in [-0.1, -0.05) is 37.6 Å². The second-order valence-electron chi connectivity index (χ2n) is 6.08. The molecule has 0 aliphatic rings. The lowest BCUT2D eigenvalue weighted by Crippen LogP contribution is -2.16. The van der Waals surface area contributed by atoms with Crippen molar-refractivity contribution in [2.45, 2.75) is 33.2 Å². The number of hydrogen-bond acceptors (Lipinski definition) is 4. The molecule has 0 atom stereocenters. The van der Waals surface area contributed by atoms with E-state index in [0.717, 1.165) is 16.3 Å². The van der Waals surface area contributed by atoms with E-state index in [1.54, 1.807) is 16.9 Å². The molecule has 3 rings (SSSR count). The van der Waals surface area contributed by atoms with Crippen LogP contribution in [0.15, 0.2) is 36.5 Å². The SMILES string of the molecule is Cc1nc(C(C)C)sc1C(=O)Nc1ccnn1Cc1ccc(Cl)cc1. The summed E-state index contributed by atoms with van der Waals surface area (Å²) in [5.41, 5.74) is 1.81. The van der Waals surface area contributed by atoms with Gasteiger partial charge >= 0.3 is 0 Å². The van der Waals surface area contributed by atoms with Gasteiger partial charge in [0.05, 0.1) is 23.4 Å². The van der Waals surface area contributed by atoms with Gasteiger partial charge in [0.2, 0.25) is 0 Å². The lowest BCUT2D eigenvalue weighted by molar-refractivity contribution is 0.102. The summed E-state index contributed by atoms with van der Waals surface area (Å²) >= 11 is 7.36. The number of nitrogens with one attached hydrogen (secondary N) is 1. The molecule has 130 valence electrons. The van der Waals surface area contributed by atoms with Crippen LogP contribution in [-0.2, 0) is 6.54 Å². The Labute approximate surface area is 155 Å². The molecule has 0 unspecified atom stereocenters. The summed E-state index contributed by atoms with van der Waals surface area (Å²) in [4.78, 5) is 17.7. The topological polar surface area (TPSA) is 59.8 Å². The molecule has 0 bridgehead atoms. The monoisotopic (exact) mass is 374 g/mol. The lowest BCUT2D eigenvalue weighted by atomic mass is 10.2. The average molecular weight is 375 g/mol. The summed E-state index contributed by atoms with van der Waals surface area (Å²) in [7, 11) is 0. The highest BCUT2D eigenvalue weighted by molar-refractivity contribution is 7.14. The van der Waals surface area contributed by atoms with Crippen LogP contribution in [0.1, 0.15) is 45.7 Å². The molecule has 25 heavy (non-hydrogen) atoms. The van der Waals surface area contributed by atoms with Crippen LogP contribution in [0.2, 0.25) is 5.02 Å². The Hall–Kier alpha value is -2.18. The number of hydrogen-bond donors (Lipinski definition) is 1. The molecule has 1 aromatic carbocycles. The summed E-state index contributed by atoms with van der Waals surface area (Å²) in [6, 6.07) is 9.35. The van der Waals surface area contributed by atoms with Crippen molar-refractivity contribution in [3.05, 3.63) is 62.7 Å². The fraction of sp³-hybridized carbons (Fsp3) is 0.278. The van der Waals surface area contributed by atoms with Gasteiger partial charge in [0, 0.05) is 17.0 Å². The molecule has 2 aromatic heterocycles. The molecule has 0 radical (unpaired) electrons. The van der Waals surface area contributed by atoms with Gasteiger partial charge in [0.25, 0.3) is 5.91 Å². The molecule has 5 nitrogen and oxygen atoms in total. The van der Waals surface area contributed by atoms with Crippen molar-refractivity contribution < 1.29 is 4.79 Å². The highest BCUT2D eigenvalue weighted by Gasteiger charge is 2.18. The minimum atomic E-state index is -0.153. The maximum atomic E-state index is 12.6. The number of aromatic nitrogens is 3. The van der Waals surface area contributed by atoms with Crippen molar-refractivity contribution in [2.75, 3.05) is 5.32 Å². The molecular formula is C18H19ClN4OS. The number of rotatable bonds is 5. The molecule has 0 aliphatic carbocycles. The molecule has 0 spiro atoms. The van der Waals surface area contributed by atoms with Crippen molar-refractivity contribution in [1.29, 1.82) is 0 Å². The van der Waals surface area contributed by atoms with E-state index in [0.29, 0.717) is 28.2 Å². The zero-order chi connectivity index (χ0) is 18.0. The van der Waals surface area contributed by atoms with E-state index in [9.17, 15) is 4.79 Å². The highest BCUT2D eigenvalue weighted by Crippen LogP contribution is 2.25. The van der Waals surface area contributed by atoms with Gasteiger partial charge in [-0.05, 0) is 24.6 Å². The highest BCUT2D eigenvalue weighted by atomic mass is 35.5. The number of thiazole rings is 1. The van der Waals surface area contributed by atoms with E-state index in [1.807, 2.05) is 31.2 Å². The van der Waals surface area contributed by atoms with Gasteiger partial charge in [-0.15, -0.1) is 11.3 Å². The summed E-state index contributed by atoms with van der Waals surface area (Å²) < 4.78 is 1.75.